The van der Waals surface area contributed by atoms with Crippen LogP contribution in [0.1, 0.15) is 5.56 Å². The topological polar surface area (TPSA) is 136 Å². The lowest BCUT2D eigenvalue weighted by Crippen LogP contribution is -2.30. The Labute approximate surface area is 127 Å². The molecule has 0 aliphatic heterocycles. The molecular weight excluding hydrogens is 309 g/mol. The monoisotopic (exact) mass is 325 g/mol. The van der Waals surface area contributed by atoms with E-state index in [1.54, 1.807) is 12.1 Å². The van der Waals surface area contributed by atoms with Crippen LogP contribution < -0.4 is 22.3 Å². The summed E-state index contributed by atoms with van der Waals surface area (Å²) in [7, 11) is 0. The van der Waals surface area contributed by atoms with Crippen LogP contribution in [-0.4, -0.2) is 30.0 Å². The molecule has 8 nitrogen and oxygen atoms in total. The molecule has 0 unspecified atom stereocenters. The van der Waals surface area contributed by atoms with Crippen LogP contribution in [0.5, 0.6) is 0 Å². The molecule has 0 radical (unpaired) electrons. The largest absolute Gasteiger partial charge is 0.391 e. The molecule has 1 amide bonds. The Balaban J connectivity index is 0. The second kappa shape index (κ2) is 10.9. The van der Waals surface area contributed by atoms with Gasteiger partial charge in [0.25, 0.3) is 5.56 Å². The minimum Gasteiger partial charge on any atom is -0.391 e. The quantitative estimate of drug-likeness (QED) is 0.232. The second-order valence-electron chi connectivity index (χ2n) is 3.40. The van der Waals surface area contributed by atoms with E-state index in [9.17, 15) is 9.59 Å². The third-order valence-electron chi connectivity index (χ3n) is 1.94. The van der Waals surface area contributed by atoms with Crippen molar-refractivity contribution in [2.24, 2.45) is 16.6 Å². The first-order valence-corrected chi connectivity index (χ1v) is 5.24. The highest BCUT2D eigenvalue weighted by atomic mass is 35.5. The number of H-pyrrole nitrogens is 1. The van der Waals surface area contributed by atoms with Gasteiger partial charge in [-0.25, -0.2) is 0 Å². The fourth-order valence-corrected chi connectivity index (χ4v) is 1.19. The first kappa shape index (κ1) is 20.4. The maximum absolute atomic E-state index is 11.5. The smallest absolute Gasteiger partial charge is 0.251 e. The molecule has 0 spiro atoms. The molecule has 0 aliphatic rings. The van der Waals surface area contributed by atoms with Gasteiger partial charge in [-0.1, -0.05) is 6.07 Å². The van der Waals surface area contributed by atoms with Gasteiger partial charge in [0.1, 0.15) is 6.61 Å². The second-order valence-corrected chi connectivity index (χ2v) is 3.40. The van der Waals surface area contributed by atoms with Gasteiger partial charge in [0, 0.05) is 11.8 Å². The van der Waals surface area contributed by atoms with Gasteiger partial charge in [0.2, 0.25) is 11.9 Å². The molecule has 10 heteroatoms. The van der Waals surface area contributed by atoms with Crippen LogP contribution >= 0.6 is 24.8 Å². The molecule has 0 saturated heterocycles. The molecule has 0 aromatic carbocycles. The molecule has 0 bridgehead atoms. The first-order chi connectivity index (χ1) is 8.59. The summed E-state index contributed by atoms with van der Waals surface area (Å²) >= 11 is 0. The lowest BCUT2D eigenvalue weighted by molar-refractivity contribution is -0.120. The molecule has 0 fully saturated rings. The maximum atomic E-state index is 11.5. The van der Waals surface area contributed by atoms with Crippen molar-refractivity contribution in [3.8, 4) is 0 Å². The number of nitrogens with two attached hydrogens (primary N) is 2. The fourth-order valence-electron chi connectivity index (χ4n) is 1.19. The minimum atomic E-state index is -0.278. The Bertz CT molecular complexity index is 488. The first-order valence-electron chi connectivity index (χ1n) is 5.24. The summed E-state index contributed by atoms with van der Waals surface area (Å²) in [5, 5.41) is 5.85. The number of carbonyl (C=O) groups excluding carboxylic acids is 1. The van der Waals surface area contributed by atoms with Crippen molar-refractivity contribution >= 4 is 36.7 Å². The van der Waals surface area contributed by atoms with E-state index in [4.69, 9.17) is 11.5 Å². The molecule has 0 saturated carbocycles. The summed E-state index contributed by atoms with van der Waals surface area (Å²) < 4.78 is 0. The van der Waals surface area contributed by atoms with E-state index in [1.807, 2.05) is 0 Å². The fraction of sp³-hybridized carbons (Fsp3) is 0.300. The predicted octanol–water partition coefficient (Wildman–Crippen LogP) is -0.918. The number of hydrogen-bond donors (Lipinski definition) is 4. The van der Waals surface area contributed by atoms with Gasteiger partial charge >= 0.3 is 0 Å². The van der Waals surface area contributed by atoms with Gasteiger partial charge in [-0.15, -0.1) is 24.8 Å². The molecule has 1 aromatic rings. The molecule has 0 atom stereocenters. The number of amides is 1. The molecular formula is C10H17Cl2N5O3. The van der Waals surface area contributed by atoms with Crippen LogP contribution in [0.25, 0.3) is 0 Å². The SMILES string of the molecule is Cl.Cl.NC(N)=NOCCNC(=O)Cc1ccc[nH]c1=O. The van der Waals surface area contributed by atoms with Crippen molar-refractivity contribution in [1.29, 1.82) is 0 Å². The predicted molar refractivity (Wildman–Crippen MR) is 80.0 cm³/mol. The van der Waals surface area contributed by atoms with Gasteiger partial charge in [-0.05, 0) is 11.2 Å². The lowest BCUT2D eigenvalue weighted by atomic mass is 10.2. The highest BCUT2D eigenvalue weighted by molar-refractivity contribution is 5.85. The van der Waals surface area contributed by atoms with Crippen molar-refractivity contribution in [3.05, 3.63) is 34.2 Å². The van der Waals surface area contributed by atoms with Crippen LogP contribution in [0.2, 0.25) is 0 Å². The Morgan fingerprint density at radius 1 is 1.40 bits per heavy atom. The average Bonchev–Trinajstić information content (AvgIpc) is 2.31. The van der Waals surface area contributed by atoms with E-state index in [2.05, 4.69) is 20.3 Å². The van der Waals surface area contributed by atoms with E-state index >= 15 is 0 Å². The van der Waals surface area contributed by atoms with E-state index in [1.165, 1.54) is 6.20 Å². The summed E-state index contributed by atoms with van der Waals surface area (Å²) in [5.74, 6) is -0.461. The van der Waals surface area contributed by atoms with Gasteiger partial charge < -0.3 is 26.6 Å². The summed E-state index contributed by atoms with van der Waals surface area (Å²) in [6, 6.07) is 3.25. The molecule has 0 aliphatic carbocycles. The Kier molecular flexibility index (Phi) is 11.2. The number of pyridine rings is 1. The number of hydrogen-bond acceptors (Lipinski definition) is 4. The van der Waals surface area contributed by atoms with Crippen molar-refractivity contribution in [2.75, 3.05) is 13.2 Å². The number of halogens is 2. The highest BCUT2D eigenvalue weighted by Crippen LogP contribution is 1.90. The van der Waals surface area contributed by atoms with E-state index in [-0.39, 0.29) is 61.8 Å². The number of aromatic amines is 1. The van der Waals surface area contributed by atoms with Crippen LogP contribution in [-0.2, 0) is 16.1 Å². The number of nitrogens with zero attached hydrogens (tertiary/aromatic N) is 1. The van der Waals surface area contributed by atoms with E-state index < -0.39 is 0 Å². The van der Waals surface area contributed by atoms with Crippen molar-refractivity contribution in [1.82, 2.24) is 10.3 Å². The zero-order chi connectivity index (χ0) is 13.4. The summed E-state index contributed by atoms with van der Waals surface area (Å²) in [6.07, 6.45) is 1.52. The van der Waals surface area contributed by atoms with Gasteiger partial charge in [-0.3, -0.25) is 9.59 Å². The molecule has 1 rings (SSSR count). The van der Waals surface area contributed by atoms with Gasteiger partial charge in [0.15, 0.2) is 0 Å². The summed E-state index contributed by atoms with van der Waals surface area (Å²) in [4.78, 5) is 29.9. The van der Waals surface area contributed by atoms with Crippen LogP contribution in [0.4, 0.5) is 0 Å². The average molecular weight is 326 g/mol. The zero-order valence-electron chi connectivity index (χ0n) is 10.5. The molecule has 114 valence electrons. The van der Waals surface area contributed by atoms with E-state index in [0.29, 0.717) is 5.56 Å². The van der Waals surface area contributed by atoms with Crippen molar-refractivity contribution in [2.45, 2.75) is 6.42 Å². The Hall–Kier alpha value is -1.93. The molecule has 20 heavy (non-hydrogen) atoms. The third kappa shape index (κ3) is 8.22. The number of aromatic nitrogens is 1. The standard InChI is InChI=1S/C10H15N5O3.2ClH/c11-10(12)15-18-5-4-13-8(16)6-7-2-1-3-14-9(7)17;;/h1-3H,4-6H2,(H,13,16)(H,14,17)(H4,11,12,15);2*1H. The Morgan fingerprint density at radius 3 is 2.70 bits per heavy atom. The summed E-state index contributed by atoms with van der Waals surface area (Å²) in [5.41, 5.74) is 10.2. The number of oxime groups is 1. The minimum absolute atomic E-state index is 0. The normalized spacial score (nSPS) is 8.60. The van der Waals surface area contributed by atoms with Crippen molar-refractivity contribution in [3.63, 3.8) is 0 Å². The molecule has 6 N–H and O–H groups in total. The van der Waals surface area contributed by atoms with Gasteiger partial charge in [-0.2, -0.15) is 0 Å². The number of nitrogens with one attached hydrogen (secondary N) is 2. The number of guanidine groups is 1. The molecule has 1 heterocycles. The third-order valence-corrected chi connectivity index (χ3v) is 1.94. The number of carbonyl (C=O) groups is 1. The summed E-state index contributed by atoms with van der Waals surface area (Å²) in [6.45, 7) is 0.398. The van der Waals surface area contributed by atoms with Crippen LogP contribution in [0.15, 0.2) is 28.3 Å². The zero-order valence-corrected chi connectivity index (χ0v) is 12.1. The molecule has 1 aromatic heterocycles. The van der Waals surface area contributed by atoms with Crippen LogP contribution in [0.3, 0.4) is 0 Å². The van der Waals surface area contributed by atoms with Crippen LogP contribution in [0, 0.1) is 0 Å². The lowest BCUT2D eigenvalue weighted by Gasteiger charge is -2.04. The Morgan fingerprint density at radius 2 is 2.10 bits per heavy atom. The highest BCUT2D eigenvalue weighted by Gasteiger charge is 2.05. The van der Waals surface area contributed by atoms with E-state index in [0.717, 1.165) is 0 Å². The maximum Gasteiger partial charge on any atom is 0.251 e. The van der Waals surface area contributed by atoms with Crippen molar-refractivity contribution < 1.29 is 9.63 Å². The number of rotatable bonds is 6. The van der Waals surface area contributed by atoms with Gasteiger partial charge in [0.05, 0.1) is 13.0 Å².